The van der Waals surface area contributed by atoms with Crippen molar-refractivity contribution in [3.05, 3.63) is 0 Å². The zero-order chi connectivity index (χ0) is 3.58. The van der Waals surface area contributed by atoms with Crippen LogP contribution in [0.1, 0.15) is 0 Å². The first-order valence-electron chi connectivity index (χ1n) is 0.513. The third-order valence-corrected chi connectivity index (χ3v) is 0. The van der Waals surface area contributed by atoms with Crippen LogP contribution in [0.5, 0.6) is 0 Å². The normalized spacial score (nSPS) is 7.00. The third-order valence-electron chi connectivity index (χ3n) is 0. The van der Waals surface area contributed by atoms with Crippen molar-refractivity contribution >= 4 is 34.5 Å². The SMILES string of the molecule is N=S(F)F.[Mg]. The van der Waals surface area contributed by atoms with E-state index in [4.69, 9.17) is 4.78 Å². The molecule has 0 bridgehead atoms. The molecule has 0 aromatic heterocycles. The summed E-state index contributed by atoms with van der Waals surface area (Å²) in [5, 5.41) is 0. The molecule has 5 heteroatoms. The molecular formula is HF2MgNS. The number of hydrogen-bond acceptors (Lipinski definition) is 1. The van der Waals surface area contributed by atoms with Crippen molar-refractivity contribution in [2.24, 2.45) is 0 Å². The van der Waals surface area contributed by atoms with Crippen molar-refractivity contribution < 1.29 is 7.77 Å². The van der Waals surface area contributed by atoms with Gasteiger partial charge in [-0.2, -0.15) is 0 Å². The molecule has 0 rings (SSSR count). The van der Waals surface area contributed by atoms with Crippen LogP contribution >= 0.6 is 0 Å². The van der Waals surface area contributed by atoms with Crippen molar-refractivity contribution in [1.29, 1.82) is 4.78 Å². The maximum atomic E-state index is 10.0. The summed E-state index contributed by atoms with van der Waals surface area (Å²) in [6.45, 7) is 0. The van der Waals surface area contributed by atoms with Gasteiger partial charge in [0.1, 0.15) is 0 Å². The smallest absolute Gasteiger partial charge is 0.222 e. The molecule has 0 aromatic carbocycles. The quantitative estimate of drug-likeness (QED) is 0.444. The Bertz CT molecular complexity index is 32.6. The summed E-state index contributed by atoms with van der Waals surface area (Å²) in [4.78, 5) is 0. The summed E-state index contributed by atoms with van der Waals surface area (Å²) in [6, 6.07) is 0. The number of nitrogens with one attached hydrogen (secondary N) is 1. The lowest BCUT2D eigenvalue weighted by atomic mass is 14.0. The highest BCUT2D eigenvalue weighted by atomic mass is 32.2. The van der Waals surface area contributed by atoms with Gasteiger partial charge in [-0.1, -0.05) is 0 Å². The minimum atomic E-state index is -3.11. The summed E-state index contributed by atoms with van der Waals surface area (Å²) in [7, 11) is 0. The molecule has 0 amide bonds. The standard InChI is InChI=1S/F2HNS.Mg/c1-4(2)3;/h3H;. The van der Waals surface area contributed by atoms with Crippen LogP contribution in [0.15, 0.2) is 0 Å². The molecule has 0 unspecified atom stereocenters. The maximum absolute atomic E-state index is 10.0. The van der Waals surface area contributed by atoms with Crippen LogP contribution in [0.3, 0.4) is 0 Å². The fraction of sp³-hybridized carbons (Fsp3) is 0. The minimum absolute atomic E-state index is 0. The Hall–Kier alpha value is 0.776. The Morgan fingerprint density at radius 3 is 1.40 bits per heavy atom. The highest BCUT2D eigenvalue weighted by Crippen LogP contribution is 1.77. The number of rotatable bonds is 0. The second-order valence-corrected chi connectivity index (χ2v) is 0.638. The number of hydrogen-bond donors (Lipinski definition) is 1. The van der Waals surface area contributed by atoms with E-state index in [1.165, 1.54) is 0 Å². The molecule has 0 spiro atoms. The minimum Gasteiger partial charge on any atom is -0.222 e. The van der Waals surface area contributed by atoms with Gasteiger partial charge in [0.15, 0.2) is 0 Å². The van der Waals surface area contributed by atoms with Gasteiger partial charge in [-0.15, -0.1) is 7.77 Å². The van der Waals surface area contributed by atoms with Gasteiger partial charge in [0.2, 0.25) is 0 Å². The number of halogens is 2. The van der Waals surface area contributed by atoms with Crippen LogP contribution in [-0.2, 0) is 11.5 Å². The molecule has 0 saturated carbocycles. The molecule has 0 aliphatic heterocycles. The van der Waals surface area contributed by atoms with E-state index in [-0.39, 0.29) is 23.1 Å². The lowest BCUT2D eigenvalue weighted by Gasteiger charge is -1.53. The lowest BCUT2D eigenvalue weighted by molar-refractivity contribution is 0.780. The van der Waals surface area contributed by atoms with Gasteiger partial charge in [-0.25, -0.2) is 4.78 Å². The summed E-state index contributed by atoms with van der Waals surface area (Å²) in [5.41, 5.74) is 0. The van der Waals surface area contributed by atoms with Crippen LogP contribution < -0.4 is 0 Å². The van der Waals surface area contributed by atoms with E-state index in [0.717, 1.165) is 0 Å². The van der Waals surface area contributed by atoms with Gasteiger partial charge >= 0.3 is 0 Å². The Morgan fingerprint density at radius 2 is 1.40 bits per heavy atom. The van der Waals surface area contributed by atoms with E-state index >= 15 is 0 Å². The van der Waals surface area contributed by atoms with Crippen molar-refractivity contribution in [2.45, 2.75) is 0 Å². The molecular weight excluding hydrogens is 108 g/mol. The average molecular weight is 109 g/mol. The molecule has 0 aromatic rings. The van der Waals surface area contributed by atoms with Crippen LogP contribution in [-0.4, -0.2) is 23.1 Å². The van der Waals surface area contributed by atoms with Crippen molar-refractivity contribution in [3.63, 3.8) is 0 Å². The van der Waals surface area contributed by atoms with E-state index in [2.05, 4.69) is 0 Å². The van der Waals surface area contributed by atoms with Crippen LogP contribution in [0.4, 0.5) is 7.77 Å². The van der Waals surface area contributed by atoms with E-state index in [1.807, 2.05) is 0 Å². The predicted octanol–water partition coefficient (Wildman–Crippen LogP) is 0.755. The topological polar surface area (TPSA) is 23.9 Å². The molecule has 0 aliphatic rings. The molecule has 1 nitrogen and oxygen atoms in total. The summed E-state index contributed by atoms with van der Waals surface area (Å²) < 4.78 is 25.3. The maximum Gasteiger partial charge on any atom is 0.258 e. The second-order valence-electron chi connectivity index (χ2n) is 0.213. The summed E-state index contributed by atoms with van der Waals surface area (Å²) in [6.07, 6.45) is 0. The molecule has 2 radical (unpaired) electrons. The average Bonchev–Trinajstić information content (AvgIpc) is 0.811. The van der Waals surface area contributed by atoms with Crippen molar-refractivity contribution in [1.82, 2.24) is 0 Å². The first kappa shape index (κ1) is 9.24. The fourth-order valence-corrected chi connectivity index (χ4v) is 0. The van der Waals surface area contributed by atoms with E-state index in [0.29, 0.717) is 0 Å². The first-order chi connectivity index (χ1) is 1.73. The largest absolute Gasteiger partial charge is 0.258 e. The Labute approximate surface area is 47.4 Å². The van der Waals surface area contributed by atoms with Gasteiger partial charge in [-0.3, -0.25) is 0 Å². The second kappa shape index (κ2) is 4.78. The van der Waals surface area contributed by atoms with Crippen LogP contribution in [0, 0.1) is 4.78 Å². The molecule has 0 atom stereocenters. The van der Waals surface area contributed by atoms with E-state index in [9.17, 15) is 7.77 Å². The highest BCUT2D eigenvalue weighted by molar-refractivity contribution is 7.75. The zero-order valence-corrected chi connectivity index (χ0v) is 4.60. The Kier molecular flexibility index (Phi) is 8.83. The van der Waals surface area contributed by atoms with Gasteiger partial charge in [0.05, 0.1) is 0 Å². The van der Waals surface area contributed by atoms with Crippen LogP contribution in [0.2, 0.25) is 0 Å². The molecule has 0 fully saturated rings. The van der Waals surface area contributed by atoms with Gasteiger partial charge in [0.25, 0.3) is 11.5 Å². The monoisotopic (exact) mass is 109 g/mol. The molecule has 0 aliphatic carbocycles. The summed E-state index contributed by atoms with van der Waals surface area (Å²) in [5.74, 6) is 0. The van der Waals surface area contributed by atoms with Crippen molar-refractivity contribution in [3.8, 4) is 0 Å². The molecule has 5 heavy (non-hydrogen) atoms. The first-order valence-corrected chi connectivity index (χ1v) is 1.54. The van der Waals surface area contributed by atoms with Gasteiger partial charge in [0, 0.05) is 23.1 Å². The predicted molar refractivity (Wildman–Crippen MR) is 18.1 cm³/mol. The Balaban J connectivity index is 0. The third kappa shape index (κ3) is 61.1. The Morgan fingerprint density at radius 1 is 1.40 bits per heavy atom. The molecule has 0 saturated heterocycles. The van der Waals surface area contributed by atoms with E-state index < -0.39 is 11.5 Å². The van der Waals surface area contributed by atoms with Crippen LogP contribution in [0.25, 0.3) is 0 Å². The zero-order valence-electron chi connectivity index (χ0n) is 2.37. The molecule has 1 N–H and O–H groups in total. The molecule has 28 valence electrons. The lowest BCUT2D eigenvalue weighted by Crippen LogP contribution is -1.42. The van der Waals surface area contributed by atoms with Crippen molar-refractivity contribution in [2.75, 3.05) is 0 Å². The fourth-order valence-electron chi connectivity index (χ4n) is 0. The van der Waals surface area contributed by atoms with Gasteiger partial charge in [-0.05, 0) is 0 Å². The summed E-state index contributed by atoms with van der Waals surface area (Å²) >= 11 is -3.11. The molecule has 0 heterocycles. The van der Waals surface area contributed by atoms with Gasteiger partial charge < -0.3 is 0 Å². The van der Waals surface area contributed by atoms with E-state index in [1.54, 1.807) is 0 Å². The highest BCUT2D eigenvalue weighted by Gasteiger charge is 1.65.